The SMILES string of the molecule is CN1C(=O)CSc2cc(O)ccc21. The molecule has 0 atom stereocenters. The lowest BCUT2D eigenvalue weighted by atomic mass is 10.2. The lowest BCUT2D eigenvalue weighted by Crippen LogP contribution is -2.31. The molecule has 1 amide bonds. The molecule has 0 radical (unpaired) electrons. The minimum absolute atomic E-state index is 0.100. The minimum Gasteiger partial charge on any atom is -0.508 e. The predicted molar refractivity (Wildman–Crippen MR) is 52.2 cm³/mol. The van der Waals surface area contributed by atoms with Gasteiger partial charge in [-0.2, -0.15) is 0 Å². The number of aromatic hydroxyl groups is 1. The number of benzene rings is 1. The number of carbonyl (C=O) groups excluding carboxylic acids is 1. The third-order valence-electron chi connectivity index (χ3n) is 2.03. The molecule has 0 saturated carbocycles. The number of rotatable bonds is 0. The zero-order valence-corrected chi connectivity index (χ0v) is 7.97. The molecule has 0 fully saturated rings. The van der Waals surface area contributed by atoms with Gasteiger partial charge < -0.3 is 10.0 Å². The van der Waals surface area contributed by atoms with E-state index in [0.717, 1.165) is 10.6 Å². The number of thioether (sulfide) groups is 1. The Kier molecular flexibility index (Phi) is 1.92. The van der Waals surface area contributed by atoms with Crippen LogP contribution in [0, 0.1) is 0 Å². The molecule has 1 aromatic carbocycles. The number of amides is 1. The molecule has 0 spiro atoms. The minimum atomic E-state index is 0.100. The Morgan fingerprint density at radius 3 is 3.08 bits per heavy atom. The number of nitrogens with zero attached hydrogens (tertiary/aromatic N) is 1. The van der Waals surface area contributed by atoms with Crippen molar-refractivity contribution in [2.75, 3.05) is 17.7 Å². The average Bonchev–Trinajstić information content (AvgIpc) is 2.12. The molecule has 0 bridgehead atoms. The Balaban J connectivity index is 2.49. The fourth-order valence-electron chi connectivity index (χ4n) is 1.27. The Morgan fingerprint density at radius 2 is 2.31 bits per heavy atom. The fraction of sp³-hybridized carbons (Fsp3) is 0.222. The molecular weight excluding hydrogens is 186 g/mol. The number of fused-ring (bicyclic) bond motifs is 1. The average molecular weight is 195 g/mol. The summed E-state index contributed by atoms with van der Waals surface area (Å²) in [7, 11) is 1.75. The molecule has 1 aliphatic heterocycles. The Bertz CT molecular complexity index is 365. The molecule has 0 saturated heterocycles. The van der Waals surface area contributed by atoms with Crippen LogP contribution >= 0.6 is 11.8 Å². The largest absolute Gasteiger partial charge is 0.508 e. The van der Waals surface area contributed by atoms with E-state index < -0.39 is 0 Å². The Hall–Kier alpha value is -1.16. The highest BCUT2D eigenvalue weighted by molar-refractivity contribution is 8.00. The Labute approximate surface area is 80.4 Å². The molecule has 13 heavy (non-hydrogen) atoms. The standard InChI is InChI=1S/C9H9NO2S/c1-10-7-3-2-6(11)4-8(7)13-5-9(10)12/h2-4,11H,5H2,1H3. The molecule has 0 aliphatic carbocycles. The van der Waals surface area contributed by atoms with Gasteiger partial charge in [0.25, 0.3) is 0 Å². The number of phenolic OH excluding ortho intramolecular Hbond substituents is 1. The third-order valence-corrected chi connectivity index (χ3v) is 3.06. The smallest absolute Gasteiger partial charge is 0.237 e. The van der Waals surface area contributed by atoms with Crippen LogP contribution in [0.3, 0.4) is 0 Å². The first-order chi connectivity index (χ1) is 6.18. The van der Waals surface area contributed by atoms with Crippen molar-refractivity contribution in [3.8, 4) is 5.75 Å². The molecule has 0 unspecified atom stereocenters. The number of hydrogen-bond acceptors (Lipinski definition) is 3. The van der Waals surface area contributed by atoms with E-state index in [2.05, 4.69) is 0 Å². The lowest BCUT2D eigenvalue weighted by molar-refractivity contribution is -0.116. The highest BCUT2D eigenvalue weighted by Gasteiger charge is 2.21. The molecular formula is C9H9NO2S. The zero-order chi connectivity index (χ0) is 9.42. The summed E-state index contributed by atoms with van der Waals surface area (Å²) in [6.45, 7) is 0. The van der Waals surface area contributed by atoms with Gasteiger partial charge >= 0.3 is 0 Å². The van der Waals surface area contributed by atoms with Gasteiger partial charge in [0.1, 0.15) is 5.75 Å². The van der Waals surface area contributed by atoms with E-state index in [1.165, 1.54) is 11.8 Å². The van der Waals surface area contributed by atoms with Gasteiger partial charge in [0.05, 0.1) is 11.4 Å². The first-order valence-electron chi connectivity index (χ1n) is 3.91. The van der Waals surface area contributed by atoms with Crippen molar-refractivity contribution in [3.05, 3.63) is 18.2 Å². The van der Waals surface area contributed by atoms with Crippen LogP contribution in [0.1, 0.15) is 0 Å². The topological polar surface area (TPSA) is 40.5 Å². The van der Waals surface area contributed by atoms with Gasteiger partial charge in [-0.3, -0.25) is 4.79 Å². The molecule has 1 aliphatic rings. The molecule has 68 valence electrons. The summed E-state index contributed by atoms with van der Waals surface area (Å²) in [6.07, 6.45) is 0. The Morgan fingerprint density at radius 1 is 1.54 bits per heavy atom. The second kappa shape index (κ2) is 2.96. The first-order valence-corrected chi connectivity index (χ1v) is 4.89. The summed E-state index contributed by atoms with van der Waals surface area (Å²) >= 11 is 1.46. The van der Waals surface area contributed by atoms with Crippen molar-refractivity contribution in [2.24, 2.45) is 0 Å². The predicted octanol–water partition coefficient (Wildman–Crippen LogP) is 1.46. The normalized spacial score (nSPS) is 15.8. The highest BCUT2D eigenvalue weighted by atomic mass is 32.2. The summed E-state index contributed by atoms with van der Waals surface area (Å²) in [5.74, 6) is 0.796. The van der Waals surface area contributed by atoms with Crippen molar-refractivity contribution in [3.63, 3.8) is 0 Å². The summed E-state index contributed by atoms with van der Waals surface area (Å²) in [4.78, 5) is 13.9. The summed E-state index contributed by atoms with van der Waals surface area (Å²) in [5, 5.41) is 9.22. The van der Waals surface area contributed by atoms with Crippen LogP contribution in [0.4, 0.5) is 5.69 Å². The maximum Gasteiger partial charge on any atom is 0.237 e. The van der Waals surface area contributed by atoms with Crippen molar-refractivity contribution in [1.29, 1.82) is 0 Å². The van der Waals surface area contributed by atoms with Gasteiger partial charge in [-0.15, -0.1) is 11.8 Å². The van der Waals surface area contributed by atoms with Crippen molar-refractivity contribution >= 4 is 23.4 Å². The van der Waals surface area contributed by atoms with E-state index in [1.807, 2.05) is 0 Å². The number of hydrogen-bond donors (Lipinski definition) is 1. The van der Waals surface area contributed by atoms with E-state index in [0.29, 0.717) is 5.75 Å². The van der Waals surface area contributed by atoms with Crippen molar-refractivity contribution in [1.82, 2.24) is 0 Å². The zero-order valence-electron chi connectivity index (χ0n) is 7.15. The summed E-state index contributed by atoms with van der Waals surface area (Å²) < 4.78 is 0. The van der Waals surface area contributed by atoms with E-state index in [9.17, 15) is 9.90 Å². The molecule has 1 aromatic rings. The van der Waals surface area contributed by atoms with Crippen molar-refractivity contribution < 1.29 is 9.90 Å². The van der Waals surface area contributed by atoms with Crippen LogP contribution in [0.2, 0.25) is 0 Å². The highest BCUT2D eigenvalue weighted by Crippen LogP contribution is 2.36. The second-order valence-corrected chi connectivity index (χ2v) is 3.91. The van der Waals surface area contributed by atoms with Gasteiger partial charge in [0.15, 0.2) is 0 Å². The van der Waals surface area contributed by atoms with Gasteiger partial charge in [-0.25, -0.2) is 0 Å². The van der Waals surface area contributed by atoms with Crippen LogP contribution in [0.5, 0.6) is 5.75 Å². The maximum atomic E-state index is 11.3. The number of carbonyl (C=O) groups is 1. The van der Waals surface area contributed by atoms with E-state index in [1.54, 1.807) is 30.1 Å². The van der Waals surface area contributed by atoms with E-state index >= 15 is 0 Å². The first kappa shape index (κ1) is 8.44. The molecule has 1 heterocycles. The number of phenols is 1. The molecule has 2 rings (SSSR count). The third kappa shape index (κ3) is 1.37. The van der Waals surface area contributed by atoms with Gasteiger partial charge in [0.2, 0.25) is 5.91 Å². The van der Waals surface area contributed by atoms with Crippen LogP contribution < -0.4 is 4.90 Å². The molecule has 1 N–H and O–H groups in total. The van der Waals surface area contributed by atoms with E-state index in [4.69, 9.17) is 0 Å². The van der Waals surface area contributed by atoms with Crippen LogP contribution in [0.25, 0.3) is 0 Å². The van der Waals surface area contributed by atoms with Crippen molar-refractivity contribution in [2.45, 2.75) is 4.90 Å². The van der Waals surface area contributed by atoms with Gasteiger partial charge in [-0.1, -0.05) is 0 Å². The maximum absolute atomic E-state index is 11.3. The van der Waals surface area contributed by atoms with Crippen LogP contribution in [0.15, 0.2) is 23.1 Å². The van der Waals surface area contributed by atoms with E-state index in [-0.39, 0.29) is 11.7 Å². The number of anilines is 1. The van der Waals surface area contributed by atoms with Crippen LogP contribution in [-0.4, -0.2) is 23.8 Å². The second-order valence-electron chi connectivity index (χ2n) is 2.89. The quantitative estimate of drug-likeness (QED) is 0.681. The summed E-state index contributed by atoms with van der Waals surface area (Å²) in [5.41, 5.74) is 0.874. The lowest BCUT2D eigenvalue weighted by Gasteiger charge is -2.24. The fourth-order valence-corrected chi connectivity index (χ4v) is 2.30. The molecule has 3 nitrogen and oxygen atoms in total. The van der Waals surface area contributed by atoms with Gasteiger partial charge in [0, 0.05) is 11.9 Å². The molecule has 0 aromatic heterocycles. The van der Waals surface area contributed by atoms with Gasteiger partial charge in [-0.05, 0) is 18.2 Å². The molecule has 4 heteroatoms. The summed E-state index contributed by atoms with van der Waals surface area (Å²) in [6, 6.07) is 5.03. The van der Waals surface area contributed by atoms with Crippen LogP contribution in [-0.2, 0) is 4.79 Å². The monoisotopic (exact) mass is 195 g/mol.